The summed E-state index contributed by atoms with van der Waals surface area (Å²) in [6.07, 6.45) is 1.35. The number of sulfonamides is 1. The normalized spacial score (nSPS) is 14.5. The van der Waals surface area contributed by atoms with Crippen molar-refractivity contribution in [3.05, 3.63) is 54.5 Å². The lowest BCUT2D eigenvalue weighted by Gasteiger charge is -2.19. The van der Waals surface area contributed by atoms with Crippen LogP contribution in [0.5, 0.6) is 0 Å². The molecule has 0 bridgehead atoms. The van der Waals surface area contributed by atoms with Crippen molar-refractivity contribution in [1.29, 1.82) is 0 Å². The zero-order valence-electron chi connectivity index (χ0n) is 10.8. The molecule has 0 spiro atoms. The largest absolute Gasteiger partial charge is 0.468 e. The number of carbonyl (C=O) groups is 1. The fraction of sp³-hybridized carbons (Fsp3) is 0.154. The van der Waals surface area contributed by atoms with E-state index >= 15 is 0 Å². The monoisotopic (exact) mass is 328 g/mol. The van der Waals surface area contributed by atoms with Gasteiger partial charge in [0.1, 0.15) is 17.2 Å². The number of hydrogen-bond acceptors (Lipinski definition) is 4. The second-order valence-corrected chi connectivity index (χ2v) is 6.42. The first-order valence-corrected chi connectivity index (χ1v) is 7.88. The third kappa shape index (κ3) is 3.63. The molecule has 2 aromatic rings. The van der Waals surface area contributed by atoms with Gasteiger partial charge in [-0.2, -0.15) is 4.72 Å². The van der Waals surface area contributed by atoms with Gasteiger partial charge in [0.05, 0.1) is 11.2 Å². The molecule has 0 fully saturated rings. The molecule has 3 N–H and O–H groups in total. The maximum absolute atomic E-state index is 12.3. The topological polar surface area (TPSA) is 102 Å². The smallest absolute Gasteiger partial charge is 0.241 e. The Morgan fingerprint density at radius 3 is 2.38 bits per heavy atom. The maximum Gasteiger partial charge on any atom is 0.241 e. The van der Waals surface area contributed by atoms with E-state index in [0.717, 1.165) is 0 Å². The Labute approximate surface area is 126 Å². The lowest BCUT2D eigenvalue weighted by atomic mass is 10.1. The first-order chi connectivity index (χ1) is 9.92. The molecule has 2 atom stereocenters. The van der Waals surface area contributed by atoms with E-state index in [1.807, 2.05) is 0 Å². The van der Waals surface area contributed by atoms with Gasteiger partial charge in [-0.25, -0.2) is 8.42 Å². The van der Waals surface area contributed by atoms with E-state index in [4.69, 9.17) is 21.8 Å². The number of primary amides is 1. The standard InChI is InChI=1S/C13H13ClN2O4S/c14-11(13(15)17)12(10-7-4-8-20-10)16-21(18,19)9-5-2-1-3-6-9/h1-8,11-12,16H,(H2,15,17)/t11-,12-/m1/s1. The number of benzene rings is 1. The lowest BCUT2D eigenvalue weighted by molar-refractivity contribution is -0.118. The van der Waals surface area contributed by atoms with Crippen molar-refractivity contribution in [2.75, 3.05) is 0 Å². The zero-order chi connectivity index (χ0) is 15.5. The van der Waals surface area contributed by atoms with E-state index in [9.17, 15) is 13.2 Å². The Balaban J connectivity index is 2.34. The molecule has 112 valence electrons. The molecule has 6 nitrogen and oxygen atoms in total. The number of halogens is 1. The zero-order valence-corrected chi connectivity index (χ0v) is 12.3. The first kappa shape index (κ1) is 15.6. The van der Waals surface area contributed by atoms with Crippen molar-refractivity contribution in [1.82, 2.24) is 4.72 Å². The summed E-state index contributed by atoms with van der Waals surface area (Å²) in [6.45, 7) is 0. The van der Waals surface area contributed by atoms with Crippen LogP contribution in [-0.2, 0) is 14.8 Å². The van der Waals surface area contributed by atoms with E-state index in [2.05, 4.69) is 4.72 Å². The highest BCUT2D eigenvalue weighted by Crippen LogP contribution is 2.24. The minimum atomic E-state index is -3.87. The van der Waals surface area contributed by atoms with Crippen molar-refractivity contribution in [3.63, 3.8) is 0 Å². The van der Waals surface area contributed by atoms with E-state index < -0.39 is 27.3 Å². The van der Waals surface area contributed by atoms with Gasteiger partial charge in [0.15, 0.2) is 0 Å². The molecule has 1 aromatic heterocycles. The third-order valence-corrected chi connectivity index (χ3v) is 4.67. The number of alkyl halides is 1. The summed E-state index contributed by atoms with van der Waals surface area (Å²) in [5, 5.41) is -1.28. The Morgan fingerprint density at radius 2 is 1.86 bits per heavy atom. The number of hydrogen-bond donors (Lipinski definition) is 2. The van der Waals surface area contributed by atoms with Crippen LogP contribution in [0.4, 0.5) is 0 Å². The van der Waals surface area contributed by atoms with Gasteiger partial charge >= 0.3 is 0 Å². The van der Waals surface area contributed by atoms with Crippen molar-refractivity contribution < 1.29 is 17.6 Å². The lowest BCUT2D eigenvalue weighted by Crippen LogP contribution is -2.40. The van der Waals surface area contributed by atoms with Crippen LogP contribution >= 0.6 is 11.6 Å². The molecule has 0 aliphatic heterocycles. The molecule has 0 radical (unpaired) electrons. The third-order valence-electron chi connectivity index (χ3n) is 2.75. The Morgan fingerprint density at radius 1 is 1.19 bits per heavy atom. The quantitative estimate of drug-likeness (QED) is 0.782. The van der Waals surface area contributed by atoms with Gasteiger partial charge in [0.2, 0.25) is 15.9 Å². The summed E-state index contributed by atoms with van der Waals surface area (Å²) in [6, 6.07) is 9.69. The maximum atomic E-state index is 12.3. The molecule has 0 saturated carbocycles. The summed E-state index contributed by atoms with van der Waals surface area (Å²) in [7, 11) is -3.87. The molecule has 1 amide bonds. The van der Waals surface area contributed by atoms with Gasteiger partial charge < -0.3 is 10.2 Å². The van der Waals surface area contributed by atoms with E-state index in [0.29, 0.717) is 0 Å². The van der Waals surface area contributed by atoms with Crippen LogP contribution in [0.15, 0.2) is 58.0 Å². The second kappa shape index (κ2) is 6.30. The van der Waals surface area contributed by atoms with Crippen molar-refractivity contribution in [2.24, 2.45) is 5.73 Å². The predicted octanol–water partition coefficient (Wildman–Crippen LogP) is 1.39. The molecule has 0 unspecified atom stereocenters. The average Bonchev–Trinajstić information content (AvgIpc) is 2.99. The predicted molar refractivity (Wildman–Crippen MR) is 77.0 cm³/mol. The summed E-state index contributed by atoms with van der Waals surface area (Å²) in [5.41, 5.74) is 5.15. The van der Waals surface area contributed by atoms with Gasteiger partial charge in [-0.05, 0) is 24.3 Å². The number of furan rings is 1. The van der Waals surface area contributed by atoms with Crippen LogP contribution < -0.4 is 10.5 Å². The Hall–Kier alpha value is -1.83. The highest BCUT2D eigenvalue weighted by Gasteiger charge is 2.32. The van der Waals surface area contributed by atoms with E-state index in [1.165, 1.54) is 24.5 Å². The molecule has 0 aliphatic carbocycles. The van der Waals surface area contributed by atoms with E-state index in [-0.39, 0.29) is 10.7 Å². The number of carbonyl (C=O) groups excluding carboxylic acids is 1. The summed E-state index contributed by atoms with van der Waals surface area (Å²) in [4.78, 5) is 11.3. The number of nitrogens with two attached hydrogens (primary N) is 1. The van der Waals surface area contributed by atoms with Gasteiger partial charge in [0.25, 0.3) is 0 Å². The fourth-order valence-electron chi connectivity index (χ4n) is 1.73. The molecule has 0 saturated heterocycles. The SMILES string of the molecule is NC(=O)[C@H](Cl)[C@H](NS(=O)(=O)c1ccccc1)c1ccco1. The molecule has 1 heterocycles. The van der Waals surface area contributed by atoms with Gasteiger partial charge in [-0.3, -0.25) is 4.79 Å². The van der Waals surface area contributed by atoms with Gasteiger partial charge in [-0.1, -0.05) is 18.2 Å². The Kier molecular flexibility index (Phi) is 4.66. The number of amides is 1. The molecule has 2 rings (SSSR count). The van der Waals surface area contributed by atoms with Crippen LogP contribution in [0.25, 0.3) is 0 Å². The summed E-state index contributed by atoms with van der Waals surface area (Å²) >= 11 is 5.91. The van der Waals surface area contributed by atoms with Crippen molar-refractivity contribution >= 4 is 27.5 Å². The van der Waals surface area contributed by atoms with Crippen LogP contribution in [0.3, 0.4) is 0 Å². The minimum Gasteiger partial charge on any atom is -0.468 e. The number of nitrogens with one attached hydrogen (secondary N) is 1. The average molecular weight is 329 g/mol. The van der Waals surface area contributed by atoms with Crippen molar-refractivity contribution in [2.45, 2.75) is 16.3 Å². The highest BCUT2D eigenvalue weighted by atomic mass is 35.5. The van der Waals surface area contributed by atoms with Crippen LogP contribution in [0.2, 0.25) is 0 Å². The summed E-state index contributed by atoms with van der Waals surface area (Å²) in [5.74, 6) is -0.651. The fourth-order valence-corrected chi connectivity index (χ4v) is 3.23. The van der Waals surface area contributed by atoms with Crippen LogP contribution in [-0.4, -0.2) is 19.7 Å². The van der Waals surface area contributed by atoms with Crippen LogP contribution in [0.1, 0.15) is 11.8 Å². The first-order valence-electron chi connectivity index (χ1n) is 5.96. The highest BCUT2D eigenvalue weighted by molar-refractivity contribution is 7.89. The molecule has 0 aliphatic rings. The second-order valence-electron chi connectivity index (χ2n) is 4.23. The molecular weight excluding hydrogens is 316 g/mol. The molecular formula is C13H13ClN2O4S. The number of rotatable bonds is 6. The van der Waals surface area contributed by atoms with Crippen LogP contribution in [0, 0.1) is 0 Å². The minimum absolute atomic E-state index is 0.0508. The molecule has 8 heteroatoms. The van der Waals surface area contributed by atoms with Gasteiger partial charge in [-0.15, -0.1) is 11.6 Å². The van der Waals surface area contributed by atoms with Crippen molar-refractivity contribution in [3.8, 4) is 0 Å². The van der Waals surface area contributed by atoms with Gasteiger partial charge in [0, 0.05) is 0 Å². The molecule has 1 aromatic carbocycles. The summed E-state index contributed by atoms with van der Waals surface area (Å²) < 4.78 is 32.1. The Bertz CT molecular complexity index is 701. The molecule has 21 heavy (non-hydrogen) atoms. The van der Waals surface area contributed by atoms with E-state index in [1.54, 1.807) is 24.3 Å².